The lowest BCUT2D eigenvalue weighted by atomic mass is 10.1. The van der Waals surface area contributed by atoms with E-state index in [1.807, 2.05) is 54.6 Å². The molecule has 0 aliphatic heterocycles. The van der Waals surface area contributed by atoms with Crippen molar-refractivity contribution in [1.29, 1.82) is 0 Å². The lowest BCUT2D eigenvalue weighted by Crippen LogP contribution is -2.13. The van der Waals surface area contributed by atoms with Gasteiger partial charge in [0.1, 0.15) is 0 Å². The first-order valence-electron chi connectivity index (χ1n) is 8.66. The maximum absolute atomic E-state index is 11.7. The lowest BCUT2D eigenvalue weighted by molar-refractivity contribution is -0.116. The number of carbonyl (C=O) groups is 1. The standard InChI is InChI=1S/C19H22N6O.ClH/c20-13-4-7-18(26)21-17-10-8-15(9-11-17)12-14-25-23-19(22-24-25)16-5-2-1-3-6-16;/h1-3,5-6,8-11H,4,7,12-14,20H2,(H,21,26);1H. The highest BCUT2D eigenvalue weighted by Crippen LogP contribution is 2.13. The summed E-state index contributed by atoms with van der Waals surface area (Å²) in [6.45, 7) is 1.16. The number of rotatable bonds is 8. The summed E-state index contributed by atoms with van der Waals surface area (Å²) in [5.41, 5.74) is 8.30. The number of nitrogens with zero attached hydrogens (tertiary/aromatic N) is 4. The van der Waals surface area contributed by atoms with Gasteiger partial charge in [-0.15, -0.1) is 22.6 Å². The number of amides is 1. The molecule has 3 N–H and O–H groups in total. The number of benzene rings is 2. The van der Waals surface area contributed by atoms with Crippen molar-refractivity contribution in [3.05, 3.63) is 60.2 Å². The van der Waals surface area contributed by atoms with Crippen molar-refractivity contribution < 1.29 is 4.79 Å². The van der Waals surface area contributed by atoms with Crippen molar-refractivity contribution >= 4 is 24.0 Å². The van der Waals surface area contributed by atoms with Gasteiger partial charge in [0, 0.05) is 17.7 Å². The van der Waals surface area contributed by atoms with Crippen LogP contribution in [-0.4, -0.2) is 32.7 Å². The third-order valence-electron chi connectivity index (χ3n) is 3.93. The summed E-state index contributed by atoms with van der Waals surface area (Å²) >= 11 is 0. The second kappa shape index (κ2) is 10.4. The average molecular weight is 387 g/mol. The molecule has 142 valence electrons. The minimum absolute atomic E-state index is 0. The summed E-state index contributed by atoms with van der Waals surface area (Å²) in [5, 5.41) is 15.5. The molecule has 27 heavy (non-hydrogen) atoms. The zero-order valence-electron chi connectivity index (χ0n) is 14.9. The molecule has 3 aromatic rings. The van der Waals surface area contributed by atoms with E-state index in [2.05, 4.69) is 20.7 Å². The Kier molecular flexibility index (Phi) is 7.91. The van der Waals surface area contributed by atoms with E-state index in [1.165, 1.54) is 0 Å². The van der Waals surface area contributed by atoms with Gasteiger partial charge >= 0.3 is 0 Å². The summed E-state index contributed by atoms with van der Waals surface area (Å²) in [6, 6.07) is 17.6. The van der Waals surface area contributed by atoms with Crippen LogP contribution in [0.5, 0.6) is 0 Å². The molecular weight excluding hydrogens is 364 g/mol. The Hall–Kier alpha value is -2.77. The predicted molar refractivity (Wildman–Crippen MR) is 108 cm³/mol. The van der Waals surface area contributed by atoms with Crippen LogP contribution in [0.25, 0.3) is 11.4 Å². The van der Waals surface area contributed by atoms with Crippen molar-refractivity contribution in [2.75, 3.05) is 11.9 Å². The first kappa shape index (κ1) is 20.5. The van der Waals surface area contributed by atoms with E-state index in [9.17, 15) is 4.79 Å². The van der Waals surface area contributed by atoms with E-state index in [4.69, 9.17) is 5.73 Å². The van der Waals surface area contributed by atoms with Crippen LogP contribution in [0, 0.1) is 0 Å². The van der Waals surface area contributed by atoms with E-state index in [0.717, 1.165) is 23.2 Å². The highest BCUT2D eigenvalue weighted by molar-refractivity contribution is 5.90. The molecule has 2 aromatic carbocycles. The Labute approximate surface area is 164 Å². The van der Waals surface area contributed by atoms with Gasteiger partial charge in [0.2, 0.25) is 11.7 Å². The van der Waals surface area contributed by atoms with Crippen LogP contribution in [0.15, 0.2) is 54.6 Å². The first-order chi connectivity index (χ1) is 12.7. The Morgan fingerprint density at radius 1 is 1.07 bits per heavy atom. The van der Waals surface area contributed by atoms with Crippen molar-refractivity contribution in [1.82, 2.24) is 20.2 Å². The Bertz CT molecular complexity index is 835. The SMILES string of the molecule is Cl.NCCCC(=O)Nc1ccc(CCn2nnc(-c3ccccc3)n2)cc1. The molecule has 0 aliphatic carbocycles. The molecule has 0 fully saturated rings. The van der Waals surface area contributed by atoms with E-state index in [0.29, 0.717) is 31.8 Å². The highest BCUT2D eigenvalue weighted by Gasteiger charge is 2.06. The Morgan fingerprint density at radius 3 is 2.52 bits per heavy atom. The van der Waals surface area contributed by atoms with Crippen molar-refractivity contribution in [3.8, 4) is 11.4 Å². The monoisotopic (exact) mass is 386 g/mol. The smallest absolute Gasteiger partial charge is 0.224 e. The topological polar surface area (TPSA) is 98.7 Å². The van der Waals surface area contributed by atoms with Crippen molar-refractivity contribution in [3.63, 3.8) is 0 Å². The number of halogens is 1. The van der Waals surface area contributed by atoms with Gasteiger partial charge in [0.05, 0.1) is 6.54 Å². The van der Waals surface area contributed by atoms with Gasteiger partial charge in [-0.1, -0.05) is 42.5 Å². The number of hydrogen-bond donors (Lipinski definition) is 2. The fourth-order valence-corrected chi connectivity index (χ4v) is 2.51. The third-order valence-corrected chi connectivity index (χ3v) is 3.93. The summed E-state index contributed by atoms with van der Waals surface area (Å²) < 4.78 is 0. The van der Waals surface area contributed by atoms with Gasteiger partial charge in [-0.05, 0) is 42.3 Å². The zero-order valence-corrected chi connectivity index (χ0v) is 15.7. The van der Waals surface area contributed by atoms with Gasteiger partial charge < -0.3 is 11.1 Å². The third kappa shape index (κ3) is 6.16. The average Bonchev–Trinajstić information content (AvgIpc) is 3.16. The minimum Gasteiger partial charge on any atom is -0.330 e. The van der Waals surface area contributed by atoms with Crippen LogP contribution in [0.1, 0.15) is 18.4 Å². The quantitative estimate of drug-likeness (QED) is 0.620. The van der Waals surface area contributed by atoms with Crippen LogP contribution in [-0.2, 0) is 17.8 Å². The molecule has 0 atom stereocenters. The van der Waals surface area contributed by atoms with E-state index in [1.54, 1.807) is 4.80 Å². The number of aromatic nitrogens is 4. The molecule has 0 saturated heterocycles. The van der Waals surface area contributed by atoms with Crippen LogP contribution >= 0.6 is 12.4 Å². The molecule has 0 saturated carbocycles. The molecular formula is C19H23ClN6O. The number of nitrogens with one attached hydrogen (secondary N) is 1. The molecule has 0 unspecified atom stereocenters. The Morgan fingerprint density at radius 2 is 1.81 bits per heavy atom. The van der Waals surface area contributed by atoms with Gasteiger partial charge in [-0.3, -0.25) is 4.79 Å². The minimum atomic E-state index is -0.0107. The van der Waals surface area contributed by atoms with Crippen LogP contribution in [0.4, 0.5) is 5.69 Å². The van der Waals surface area contributed by atoms with Gasteiger partial charge in [0.25, 0.3) is 0 Å². The summed E-state index contributed by atoms with van der Waals surface area (Å²) in [5.74, 6) is 0.615. The zero-order chi connectivity index (χ0) is 18.2. The second-order valence-electron chi connectivity index (χ2n) is 5.96. The molecule has 8 heteroatoms. The highest BCUT2D eigenvalue weighted by atomic mass is 35.5. The van der Waals surface area contributed by atoms with Gasteiger partial charge in [-0.2, -0.15) is 4.80 Å². The molecule has 1 amide bonds. The second-order valence-corrected chi connectivity index (χ2v) is 5.96. The van der Waals surface area contributed by atoms with Crippen molar-refractivity contribution in [2.24, 2.45) is 5.73 Å². The summed E-state index contributed by atoms with van der Waals surface area (Å²) in [4.78, 5) is 13.3. The van der Waals surface area contributed by atoms with E-state index < -0.39 is 0 Å². The summed E-state index contributed by atoms with van der Waals surface area (Å²) in [7, 11) is 0. The van der Waals surface area contributed by atoms with Gasteiger partial charge in [-0.25, -0.2) is 0 Å². The maximum atomic E-state index is 11.7. The molecule has 3 rings (SSSR count). The van der Waals surface area contributed by atoms with Crippen LogP contribution in [0.3, 0.4) is 0 Å². The number of tetrazole rings is 1. The van der Waals surface area contributed by atoms with Gasteiger partial charge in [0.15, 0.2) is 0 Å². The number of anilines is 1. The molecule has 0 radical (unpaired) electrons. The molecule has 1 heterocycles. The number of carbonyl (C=O) groups excluding carboxylic acids is 1. The van der Waals surface area contributed by atoms with E-state index in [-0.39, 0.29) is 18.3 Å². The molecule has 7 nitrogen and oxygen atoms in total. The molecule has 0 bridgehead atoms. The predicted octanol–water partition coefficient (Wildman–Crippen LogP) is 2.68. The number of nitrogens with two attached hydrogens (primary N) is 1. The molecule has 0 aliphatic rings. The number of aryl methyl sites for hydroxylation is 2. The molecule has 1 aromatic heterocycles. The fraction of sp³-hybridized carbons (Fsp3) is 0.263. The maximum Gasteiger partial charge on any atom is 0.224 e. The summed E-state index contributed by atoms with van der Waals surface area (Å²) in [6.07, 6.45) is 1.92. The Balaban J connectivity index is 0.00000261. The van der Waals surface area contributed by atoms with Crippen molar-refractivity contribution in [2.45, 2.75) is 25.8 Å². The van der Waals surface area contributed by atoms with E-state index >= 15 is 0 Å². The van der Waals surface area contributed by atoms with Crippen LogP contribution < -0.4 is 11.1 Å². The molecule has 0 spiro atoms. The lowest BCUT2D eigenvalue weighted by Gasteiger charge is -2.06. The normalized spacial score (nSPS) is 10.3. The first-order valence-corrected chi connectivity index (χ1v) is 8.66. The van der Waals surface area contributed by atoms with Crippen LogP contribution in [0.2, 0.25) is 0 Å². The fourth-order valence-electron chi connectivity index (χ4n) is 2.51. The number of hydrogen-bond acceptors (Lipinski definition) is 5. The largest absolute Gasteiger partial charge is 0.330 e.